The molecular weight excluding hydrogens is 431 g/mol. The van der Waals surface area contributed by atoms with Gasteiger partial charge in [0.15, 0.2) is 5.60 Å². The standard InChI is InChI=1S/C25H22ClFN2O3/c1-15-7-10-17(11-8-15)28-23(30)16-9-12-22-21(13-16)29(24(31)25(2,3)32-22)14-18-19(26)5-4-6-20(18)27/h4-13H,14H2,1-3H3,(H,28,30). The van der Waals surface area contributed by atoms with Crippen LogP contribution in [0.15, 0.2) is 60.7 Å². The lowest BCUT2D eigenvalue weighted by atomic mass is 10.0. The van der Waals surface area contributed by atoms with E-state index < -0.39 is 11.4 Å². The van der Waals surface area contributed by atoms with Crippen LogP contribution < -0.4 is 15.0 Å². The van der Waals surface area contributed by atoms with Crippen molar-refractivity contribution in [3.05, 3.63) is 88.2 Å². The molecule has 0 spiro atoms. The normalized spacial score (nSPS) is 14.5. The maximum atomic E-state index is 14.5. The summed E-state index contributed by atoms with van der Waals surface area (Å²) in [5.41, 5.74) is 1.49. The molecule has 0 saturated carbocycles. The van der Waals surface area contributed by atoms with Crippen LogP contribution in [0.1, 0.15) is 35.3 Å². The van der Waals surface area contributed by atoms with E-state index in [0.717, 1.165) is 5.56 Å². The van der Waals surface area contributed by atoms with Crippen LogP contribution in [0.5, 0.6) is 5.75 Å². The molecule has 164 valence electrons. The Labute approximate surface area is 190 Å². The van der Waals surface area contributed by atoms with Crippen molar-refractivity contribution in [2.75, 3.05) is 10.2 Å². The van der Waals surface area contributed by atoms with Crippen molar-refractivity contribution in [2.45, 2.75) is 32.9 Å². The molecule has 5 nitrogen and oxygen atoms in total. The number of anilines is 2. The van der Waals surface area contributed by atoms with Gasteiger partial charge in [-0.1, -0.05) is 35.4 Å². The SMILES string of the molecule is Cc1ccc(NC(=O)c2ccc3c(c2)N(Cc2c(F)cccc2Cl)C(=O)C(C)(C)O3)cc1. The Morgan fingerprint density at radius 1 is 1.12 bits per heavy atom. The predicted octanol–water partition coefficient (Wildman–Crippen LogP) is 5.74. The van der Waals surface area contributed by atoms with E-state index in [1.165, 1.54) is 17.0 Å². The highest BCUT2D eigenvalue weighted by molar-refractivity contribution is 6.31. The van der Waals surface area contributed by atoms with Crippen LogP contribution in [-0.4, -0.2) is 17.4 Å². The summed E-state index contributed by atoms with van der Waals surface area (Å²) in [6.07, 6.45) is 0. The van der Waals surface area contributed by atoms with Crippen molar-refractivity contribution in [3.63, 3.8) is 0 Å². The highest BCUT2D eigenvalue weighted by Gasteiger charge is 2.41. The molecule has 7 heteroatoms. The Kier molecular flexibility index (Phi) is 5.65. The summed E-state index contributed by atoms with van der Waals surface area (Å²) in [5, 5.41) is 3.06. The quantitative estimate of drug-likeness (QED) is 0.548. The van der Waals surface area contributed by atoms with Crippen molar-refractivity contribution >= 4 is 34.8 Å². The van der Waals surface area contributed by atoms with Crippen molar-refractivity contribution in [1.29, 1.82) is 0 Å². The Balaban J connectivity index is 1.70. The van der Waals surface area contributed by atoms with Gasteiger partial charge in [-0.15, -0.1) is 0 Å². The number of hydrogen-bond acceptors (Lipinski definition) is 3. The van der Waals surface area contributed by atoms with Crippen LogP contribution >= 0.6 is 11.6 Å². The minimum Gasteiger partial charge on any atom is -0.476 e. The van der Waals surface area contributed by atoms with Gasteiger partial charge in [-0.05, 0) is 63.2 Å². The number of nitrogens with one attached hydrogen (secondary N) is 1. The molecule has 1 aliphatic rings. The molecule has 1 aliphatic heterocycles. The summed E-state index contributed by atoms with van der Waals surface area (Å²) in [4.78, 5) is 27.4. The molecule has 0 saturated heterocycles. The number of nitrogens with zero attached hydrogens (tertiary/aromatic N) is 1. The maximum absolute atomic E-state index is 14.5. The number of hydrogen-bond donors (Lipinski definition) is 1. The number of rotatable bonds is 4. The van der Waals surface area contributed by atoms with Gasteiger partial charge in [0.25, 0.3) is 11.8 Å². The zero-order chi connectivity index (χ0) is 23.0. The second kappa shape index (κ2) is 8.28. The molecule has 1 N–H and O–H groups in total. The van der Waals surface area contributed by atoms with Gasteiger partial charge in [0.05, 0.1) is 12.2 Å². The first-order valence-corrected chi connectivity index (χ1v) is 10.5. The molecule has 0 aliphatic carbocycles. The first-order chi connectivity index (χ1) is 15.2. The highest BCUT2D eigenvalue weighted by atomic mass is 35.5. The lowest BCUT2D eigenvalue weighted by Crippen LogP contribution is -2.52. The van der Waals surface area contributed by atoms with Gasteiger partial charge in [-0.3, -0.25) is 9.59 Å². The third-order valence-corrected chi connectivity index (χ3v) is 5.68. The van der Waals surface area contributed by atoms with Gasteiger partial charge < -0.3 is 15.0 Å². The Bertz CT molecular complexity index is 1190. The van der Waals surface area contributed by atoms with E-state index in [9.17, 15) is 14.0 Å². The van der Waals surface area contributed by atoms with Gasteiger partial charge >= 0.3 is 0 Å². The van der Waals surface area contributed by atoms with Crippen LogP contribution in [0.2, 0.25) is 5.02 Å². The summed E-state index contributed by atoms with van der Waals surface area (Å²) in [7, 11) is 0. The van der Waals surface area contributed by atoms with Crippen molar-refractivity contribution in [1.82, 2.24) is 0 Å². The molecule has 0 atom stereocenters. The molecule has 4 rings (SSSR count). The third kappa shape index (κ3) is 4.18. The summed E-state index contributed by atoms with van der Waals surface area (Å²) in [6, 6.07) is 16.6. The van der Waals surface area contributed by atoms with Crippen LogP contribution in [-0.2, 0) is 11.3 Å². The zero-order valence-electron chi connectivity index (χ0n) is 17.9. The minimum atomic E-state index is -1.16. The summed E-state index contributed by atoms with van der Waals surface area (Å²) in [5.74, 6) is -0.781. The highest BCUT2D eigenvalue weighted by Crippen LogP contribution is 2.40. The van der Waals surface area contributed by atoms with Crippen LogP contribution in [0.3, 0.4) is 0 Å². The zero-order valence-corrected chi connectivity index (χ0v) is 18.7. The van der Waals surface area contributed by atoms with Crippen LogP contribution in [0.25, 0.3) is 0 Å². The number of aryl methyl sites for hydroxylation is 1. The van der Waals surface area contributed by atoms with Crippen LogP contribution in [0, 0.1) is 12.7 Å². The monoisotopic (exact) mass is 452 g/mol. The minimum absolute atomic E-state index is 0.0901. The molecule has 0 bridgehead atoms. The lowest BCUT2D eigenvalue weighted by Gasteiger charge is -2.39. The molecule has 32 heavy (non-hydrogen) atoms. The fourth-order valence-corrected chi connectivity index (χ4v) is 3.77. The first kappa shape index (κ1) is 21.8. The number of halogens is 2. The Morgan fingerprint density at radius 2 is 1.84 bits per heavy atom. The van der Waals surface area contributed by atoms with E-state index in [1.807, 2.05) is 31.2 Å². The van der Waals surface area contributed by atoms with Gasteiger partial charge in [-0.25, -0.2) is 4.39 Å². The molecule has 0 unspecified atom stereocenters. The van der Waals surface area contributed by atoms with Gasteiger partial charge in [0.2, 0.25) is 0 Å². The molecular formula is C25H22ClFN2O3. The maximum Gasteiger partial charge on any atom is 0.271 e. The van der Waals surface area contributed by atoms with E-state index in [1.54, 1.807) is 38.1 Å². The van der Waals surface area contributed by atoms with Crippen molar-refractivity contribution < 1.29 is 18.7 Å². The lowest BCUT2D eigenvalue weighted by molar-refractivity contribution is -0.132. The fraction of sp³-hybridized carbons (Fsp3) is 0.200. The molecule has 0 fully saturated rings. The van der Waals surface area contributed by atoms with Crippen molar-refractivity contribution in [2.24, 2.45) is 0 Å². The smallest absolute Gasteiger partial charge is 0.271 e. The second-order valence-corrected chi connectivity index (χ2v) is 8.61. The van der Waals surface area contributed by atoms with E-state index in [4.69, 9.17) is 16.3 Å². The molecule has 0 radical (unpaired) electrons. The number of fused-ring (bicyclic) bond motifs is 1. The second-order valence-electron chi connectivity index (χ2n) is 8.21. The fourth-order valence-electron chi connectivity index (χ4n) is 3.55. The number of carbonyl (C=O) groups excluding carboxylic acids is 2. The Morgan fingerprint density at radius 3 is 2.53 bits per heavy atom. The van der Waals surface area contributed by atoms with E-state index >= 15 is 0 Å². The van der Waals surface area contributed by atoms with E-state index in [-0.39, 0.29) is 28.9 Å². The number of benzene rings is 3. The largest absolute Gasteiger partial charge is 0.476 e. The van der Waals surface area contributed by atoms with E-state index in [0.29, 0.717) is 22.7 Å². The molecule has 3 aromatic carbocycles. The van der Waals surface area contributed by atoms with Crippen molar-refractivity contribution in [3.8, 4) is 5.75 Å². The summed E-state index contributed by atoms with van der Waals surface area (Å²) < 4.78 is 20.3. The van der Waals surface area contributed by atoms with Gasteiger partial charge in [0, 0.05) is 21.8 Å². The number of ether oxygens (including phenoxy) is 1. The average Bonchev–Trinajstić information content (AvgIpc) is 2.74. The summed E-state index contributed by atoms with van der Waals surface area (Å²) in [6.45, 7) is 5.16. The number of amides is 2. The number of carbonyl (C=O) groups is 2. The topological polar surface area (TPSA) is 58.6 Å². The first-order valence-electron chi connectivity index (χ1n) is 10.1. The Hall–Kier alpha value is -3.38. The third-order valence-electron chi connectivity index (χ3n) is 5.32. The molecule has 0 aromatic heterocycles. The average molecular weight is 453 g/mol. The van der Waals surface area contributed by atoms with E-state index in [2.05, 4.69) is 5.32 Å². The summed E-state index contributed by atoms with van der Waals surface area (Å²) >= 11 is 6.20. The molecule has 3 aromatic rings. The molecule has 1 heterocycles. The predicted molar refractivity (Wildman–Crippen MR) is 123 cm³/mol. The van der Waals surface area contributed by atoms with Gasteiger partial charge in [0.1, 0.15) is 11.6 Å². The molecule has 2 amide bonds. The van der Waals surface area contributed by atoms with Crippen LogP contribution in [0.4, 0.5) is 15.8 Å². The van der Waals surface area contributed by atoms with Gasteiger partial charge in [-0.2, -0.15) is 0 Å².